The molecular formula is C18H22ClIN8O5. The van der Waals surface area contributed by atoms with Crippen LogP contribution in [0.15, 0.2) is 17.2 Å². The van der Waals surface area contributed by atoms with Crippen molar-refractivity contribution in [3.05, 3.63) is 31.7 Å². The third kappa shape index (κ3) is 6.37. The average Bonchev–Trinajstić information content (AvgIpc) is 3.32. The van der Waals surface area contributed by atoms with E-state index >= 15 is 0 Å². The van der Waals surface area contributed by atoms with Crippen molar-refractivity contribution in [1.82, 2.24) is 20.9 Å². The van der Waals surface area contributed by atoms with Gasteiger partial charge in [0.15, 0.2) is 0 Å². The lowest BCUT2D eigenvalue weighted by molar-refractivity contribution is -0.135. The van der Waals surface area contributed by atoms with Crippen LogP contribution in [0.3, 0.4) is 0 Å². The standard InChI is InChI=1S/C18H21IN8O5.ClH/c19-10-4-9(14(28)5-12(10)25-26-21)16(30)23-8-3-13(22-6-8)17(31)24-11-1-2-27(18(11)32)7-15(20)29;/h4-5,8,11,13,22,28H,1-3,6-7H2,(H2,20,29)(H,23,30)(H,24,31);1H/t8-,11-,13+;/m1./s1. The maximum atomic E-state index is 12.6. The molecule has 0 saturated carbocycles. The molecule has 0 radical (unpaired) electrons. The van der Waals surface area contributed by atoms with E-state index in [4.69, 9.17) is 11.3 Å². The van der Waals surface area contributed by atoms with Gasteiger partial charge in [0, 0.05) is 27.6 Å². The second-order valence-corrected chi connectivity index (χ2v) is 8.62. The number of halogens is 2. The molecule has 3 rings (SSSR count). The van der Waals surface area contributed by atoms with E-state index in [1.54, 1.807) is 0 Å². The molecule has 0 unspecified atom stereocenters. The Kier molecular flexibility index (Phi) is 9.10. The van der Waals surface area contributed by atoms with Crippen LogP contribution in [0, 0.1) is 3.57 Å². The molecule has 2 aliphatic heterocycles. The van der Waals surface area contributed by atoms with Crippen LogP contribution in [0.2, 0.25) is 0 Å². The van der Waals surface area contributed by atoms with E-state index in [1.165, 1.54) is 17.0 Å². The zero-order chi connectivity index (χ0) is 23.4. The number of nitrogens with one attached hydrogen (secondary N) is 3. The summed E-state index contributed by atoms with van der Waals surface area (Å²) >= 11 is 1.89. The fourth-order valence-electron chi connectivity index (χ4n) is 3.66. The predicted octanol–water partition coefficient (Wildman–Crippen LogP) is 0.0231. The SMILES string of the molecule is Cl.[N-]=[N+]=Nc1cc(O)c(C(=O)N[C@H]2CN[C@H](C(=O)N[C@@H]3CCN(CC(N)=O)C3=O)C2)cc1I. The minimum absolute atomic E-state index is 0. The van der Waals surface area contributed by atoms with Crippen molar-refractivity contribution in [3.8, 4) is 5.75 Å². The molecular weight excluding hydrogens is 571 g/mol. The summed E-state index contributed by atoms with van der Waals surface area (Å²) in [5.41, 5.74) is 13.9. The lowest BCUT2D eigenvalue weighted by Gasteiger charge is -2.17. The molecule has 1 aromatic rings. The van der Waals surface area contributed by atoms with Crippen molar-refractivity contribution in [2.75, 3.05) is 19.6 Å². The number of aromatic hydroxyl groups is 1. The number of likely N-dealkylation sites (tertiary alicyclic amines) is 1. The van der Waals surface area contributed by atoms with Crippen LogP contribution in [0.1, 0.15) is 23.2 Å². The van der Waals surface area contributed by atoms with Gasteiger partial charge in [0.25, 0.3) is 5.91 Å². The Balaban J connectivity index is 0.00000385. The number of rotatable bonds is 7. The van der Waals surface area contributed by atoms with Crippen LogP contribution in [0.4, 0.5) is 5.69 Å². The number of nitrogens with zero attached hydrogens (tertiary/aromatic N) is 4. The molecule has 0 bridgehead atoms. The van der Waals surface area contributed by atoms with E-state index in [2.05, 4.69) is 26.0 Å². The van der Waals surface area contributed by atoms with Gasteiger partial charge in [0.2, 0.25) is 17.7 Å². The van der Waals surface area contributed by atoms with Crippen LogP contribution < -0.4 is 21.7 Å². The van der Waals surface area contributed by atoms with E-state index in [9.17, 15) is 24.3 Å². The van der Waals surface area contributed by atoms with E-state index in [-0.39, 0.29) is 60.2 Å². The van der Waals surface area contributed by atoms with Gasteiger partial charge in [-0.25, -0.2) is 0 Å². The van der Waals surface area contributed by atoms with Gasteiger partial charge in [-0.2, -0.15) is 0 Å². The fourth-order valence-corrected chi connectivity index (χ4v) is 4.23. The summed E-state index contributed by atoms with van der Waals surface area (Å²) in [6.07, 6.45) is 0.673. The first-order chi connectivity index (χ1) is 15.2. The Morgan fingerprint density at radius 1 is 1.36 bits per heavy atom. The van der Waals surface area contributed by atoms with Crippen molar-refractivity contribution in [2.45, 2.75) is 31.0 Å². The highest BCUT2D eigenvalue weighted by Crippen LogP contribution is 2.30. The summed E-state index contributed by atoms with van der Waals surface area (Å²) in [7, 11) is 0. The lowest BCUT2D eigenvalue weighted by Crippen LogP contribution is -2.48. The summed E-state index contributed by atoms with van der Waals surface area (Å²) in [5, 5.41) is 22.0. The molecule has 0 aromatic heterocycles. The molecule has 15 heteroatoms. The van der Waals surface area contributed by atoms with Crippen molar-refractivity contribution < 1.29 is 24.3 Å². The maximum absolute atomic E-state index is 12.6. The van der Waals surface area contributed by atoms with E-state index < -0.39 is 23.9 Å². The molecule has 2 saturated heterocycles. The summed E-state index contributed by atoms with van der Waals surface area (Å²) in [4.78, 5) is 52.4. The molecule has 6 N–H and O–H groups in total. The molecule has 4 amide bonds. The summed E-state index contributed by atoms with van der Waals surface area (Å²) in [5.74, 6) is -2.21. The second kappa shape index (κ2) is 11.4. The molecule has 0 aliphatic carbocycles. The number of amides is 4. The minimum atomic E-state index is -0.717. The quantitative estimate of drug-likeness (QED) is 0.128. The number of phenolic OH excluding ortho intramolecular Hbond substituents is 1. The zero-order valence-electron chi connectivity index (χ0n) is 17.2. The number of carbonyl (C=O) groups excluding carboxylic acids is 4. The highest BCUT2D eigenvalue weighted by atomic mass is 127. The first-order valence-corrected chi connectivity index (χ1v) is 10.8. The molecule has 178 valence electrons. The molecule has 2 aliphatic rings. The Bertz CT molecular complexity index is 1020. The van der Waals surface area contributed by atoms with Gasteiger partial charge in [-0.1, -0.05) is 5.11 Å². The van der Waals surface area contributed by atoms with Crippen molar-refractivity contribution >= 4 is 64.3 Å². The Morgan fingerprint density at radius 2 is 2.09 bits per heavy atom. The monoisotopic (exact) mass is 592 g/mol. The second-order valence-electron chi connectivity index (χ2n) is 7.45. The number of nitrogens with two attached hydrogens (primary N) is 1. The fraction of sp³-hybridized carbons (Fsp3) is 0.444. The number of carbonyl (C=O) groups is 4. The highest BCUT2D eigenvalue weighted by molar-refractivity contribution is 14.1. The highest BCUT2D eigenvalue weighted by Gasteiger charge is 2.37. The number of hydrogen-bond acceptors (Lipinski definition) is 7. The third-order valence-corrected chi connectivity index (χ3v) is 6.07. The summed E-state index contributed by atoms with van der Waals surface area (Å²) in [6.45, 7) is 0.478. The summed E-state index contributed by atoms with van der Waals surface area (Å²) in [6, 6.07) is 0.911. The van der Waals surface area contributed by atoms with E-state index in [0.717, 1.165) is 0 Å². The van der Waals surface area contributed by atoms with Gasteiger partial charge in [-0.3, -0.25) is 19.2 Å². The van der Waals surface area contributed by atoms with Crippen LogP contribution in [0.5, 0.6) is 5.75 Å². The molecule has 3 atom stereocenters. The number of phenols is 1. The molecule has 0 spiro atoms. The normalized spacial score (nSPS) is 21.7. The van der Waals surface area contributed by atoms with Crippen LogP contribution in [-0.2, 0) is 14.4 Å². The van der Waals surface area contributed by atoms with Crippen LogP contribution in [0.25, 0.3) is 10.4 Å². The first-order valence-electron chi connectivity index (χ1n) is 9.69. The van der Waals surface area contributed by atoms with E-state index in [0.29, 0.717) is 23.1 Å². The topological polar surface area (TPSA) is 203 Å². The van der Waals surface area contributed by atoms with Crippen LogP contribution >= 0.6 is 35.0 Å². The number of azide groups is 1. The molecule has 1 aromatic carbocycles. The zero-order valence-corrected chi connectivity index (χ0v) is 20.1. The minimum Gasteiger partial charge on any atom is -0.507 e. The smallest absolute Gasteiger partial charge is 0.255 e. The molecule has 33 heavy (non-hydrogen) atoms. The van der Waals surface area contributed by atoms with Gasteiger partial charge >= 0.3 is 0 Å². The number of primary amides is 1. The number of hydrogen-bond donors (Lipinski definition) is 5. The Hall–Kier alpha value is -2.81. The van der Waals surface area contributed by atoms with Gasteiger partial charge in [-0.15, -0.1) is 12.4 Å². The lowest BCUT2D eigenvalue weighted by atomic mass is 10.1. The van der Waals surface area contributed by atoms with Crippen molar-refractivity contribution in [2.24, 2.45) is 10.8 Å². The average molecular weight is 593 g/mol. The predicted molar refractivity (Wildman–Crippen MR) is 127 cm³/mol. The summed E-state index contributed by atoms with van der Waals surface area (Å²) < 4.78 is 0.497. The Labute approximate surface area is 208 Å². The van der Waals surface area contributed by atoms with Gasteiger partial charge in [-0.05, 0) is 53.1 Å². The van der Waals surface area contributed by atoms with Crippen molar-refractivity contribution in [1.29, 1.82) is 0 Å². The third-order valence-electron chi connectivity index (χ3n) is 5.21. The molecule has 2 fully saturated rings. The maximum Gasteiger partial charge on any atom is 0.255 e. The largest absolute Gasteiger partial charge is 0.507 e. The van der Waals surface area contributed by atoms with Gasteiger partial charge < -0.3 is 31.7 Å². The molecule has 13 nitrogen and oxygen atoms in total. The van der Waals surface area contributed by atoms with Gasteiger partial charge in [0.05, 0.1) is 23.8 Å². The van der Waals surface area contributed by atoms with Gasteiger partial charge in [0.1, 0.15) is 11.8 Å². The van der Waals surface area contributed by atoms with Crippen LogP contribution in [-0.4, -0.2) is 71.4 Å². The Morgan fingerprint density at radius 3 is 2.76 bits per heavy atom. The van der Waals surface area contributed by atoms with Crippen molar-refractivity contribution in [3.63, 3.8) is 0 Å². The number of benzene rings is 1. The van der Waals surface area contributed by atoms with E-state index in [1.807, 2.05) is 22.6 Å². The first kappa shape index (κ1) is 26.4. The molecule has 2 heterocycles.